The molecule has 0 heterocycles. The van der Waals surface area contributed by atoms with Crippen molar-refractivity contribution in [3.05, 3.63) is 48.0 Å². The standard InChI is InChI=1S/C20H26O5S.Na/c1-2-3-4-5-6-7-12-18-19(13-9-14-20(18)26(22,23)24)25-17-11-8-10-16(21)15-17;/h8-11,13-15,21H,2-7,12H2,1H3,(H,22,23,24);/q;+1/p-1. The minimum Gasteiger partial charge on any atom is -0.872 e. The molecule has 0 aliphatic heterocycles. The minimum atomic E-state index is -4.35. The van der Waals surface area contributed by atoms with Crippen LogP contribution in [0.1, 0.15) is 51.0 Å². The molecular formula is C20H25NaO5S. The molecule has 2 aromatic rings. The molecule has 0 fully saturated rings. The molecule has 2 aromatic carbocycles. The van der Waals surface area contributed by atoms with Gasteiger partial charge in [-0.2, -0.15) is 8.42 Å². The van der Waals surface area contributed by atoms with Crippen LogP contribution in [0.5, 0.6) is 17.2 Å². The summed E-state index contributed by atoms with van der Waals surface area (Å²) in [4.78, 5) is -0.137. The average molecular weight is 400 g/mol. The van der Waals surface area contributed by atoms with Gasteiger partial charge in [-0.05, 0) is 37.1 Å². The van der Waals surface area contributed by atoms with E-state index in [1.807, 2.05) is 0 Å². The fourth-order valence-corrected chi connectivity index (χ4v) is 3.64. The van der Waals surface area contributed by atoms with Crippen LogP contribution < -0.4 is 39.4 Å². The van der Waals surface area contributed by atoms with Crippen LogP contribution in [0.2, 0.25) is 0 Å². The molecule has 0 saturated heterocycles. The van der Waals surface area contributed by atoms with E-state index in [0.717, 1.165) is 25.7 Å². The minimum absolute atomic E-state index is 0. The van der Waals surface area contributed by atoms with E-state index in [2.05, 4.69) is 6.92 Å². The van der Waals surface area contributed by atoms with Gasteiger partial charge >= 0.3 is 29.6 Å². The average Bonchev–Trinajstić information content (AvgIpc) is 2.58. The summed E-state index contributed by atoms with van der Waals surface area (Å²) in [6.45, 7) is 2.16. The molecule has 27 heavy (non-hydrogen) atoms. The summed E-state index contributed by atoms with van der Waals surface area (Å²) in [5.74, 6) is 0.499. The number of ether oxygens (including phenoxy) is 1. The van der Waals surface area contributed by atoms with Crippen molar-refractivity contribution in [1.29, 1.82) is 0 Å². The van der Waals surface area contributed by atoms with Gasteiger partial charge in [-0.25, -0.2) is 0 Å². The van der Waals surface area contributed by atoms with Crippen LogP contribution in [0.15, 0.2) is 47.4 Å². The topological polar surface area (TPSA) is 86.7 Å². The van der Waals surface area contributed by atoms with E-state index in [4.69, 9.17) is 4.74 Å². The first kappa shape index (κ1) is 24.0. The van der Waals surface area contributed by atoms with Crippen LogP contribution in [-0.4, -0.2) is 13.0 Å². The van der Waals surface area contributed by atoms with E-state index in [0.29, 0.717) is 23.5 Å². The monoisotopic (exact) mass is 400 g/mol. The zero-order chi connectivity index (χ0) is 19.0. The van der Waals surface area contributed by atoms with Crippen molar-refractivity contribution in [2.24, 2.45) is 0 Å². The second-order valence-corrected chi connectivity index (χ2v) is 7.69. The van der Waals surface area contributed by atoms with Crippen LogP contribution >= 0.6 is 0 Å². The number of rotatable bonds is 10. The molecule has 0 spiro atoms. The van der Waals surface area contributed by atoms with Gasteiger partial charge in [-0.15, -0.1) is 5.75 Å². The first-order valence-electron chi connectivity index (χ1n) is 8.96. The zero-order valence-corrected chi connectivity index (χ0v) is 18.8. The molecule has 5 nitrogen and oxygen atoms in total. The van der Waals surface area contributed by atoms with Crippen molar-refractivity contribution < 1.29 is 52.4 Å². The van der Waals surface area contributed by atoms with Gasteiger partial charge in [-0.1, -0.05) is 57.2 Å². The van der Waals surface area contributed by atoms with Gasteiger partial charge < -0.3 is 9.84 Å². The molecule has 142 valence electrons. The Hall–Kier alpha value is -1.05. The third-order valence-electron chi connectivity index (χ3n) is 4.18. The molecule has 0 unspecified atom stereocenters. The van der Waals surface area contributed by atoms with E-state index in [-0.39, 0.29) is 40.2 Å². The largest absolute Gasteiger partial charge is 1.00 e. The summed E-state index contributed by atoms with van der Waals surface area (Å²) >= 11 is 0. The molecule has 0 radical (unpaired) electrons. The molecule has 0 bridgehead atoms. The summed E-state index contributed by atoms with van der Waals surface area (Å²) in [6, 6.07) is 10.5. The number of hydrogen-bond acceptors (Lipinski definition) is 4. The van der Waals surface area contributed by atoms with Gasteiger partial charge in [0.25, 0.3) is 10.1 Å². The Morgan fingerprint density at radius 2 is 1.67 bits per heavy atom. The van der Waals surface area contributed by atoms with Gasteiger partial charge in [0.1, 0.15) is 16.4 Å². The Kier molecular flexibility index (Phi) is 10.4. The van der Waals surface area contributed by atoms with Crippen LogP contribution in [-0.2, 0) is 16.5 Å². The van der Waals surface area contributed by atoms with E-state index < -0.39 is 10.1 Å². The fourth-order valence-electron chi connectivity index (χ4n) is 2.88. The Labute approximate surface area is 183 Å². The zero-order valence-electron chi connectivity index (χ0n) is 16.0. The van der Waals surface area contributed by atoms with Crippen molar-refractivity contribution in [3.8, 4) is 17.2 Å². The van der Waals surface area contributed by atoms with Crippen molar-refractivity contribution in [1.82, 2.24) is 0 Å². The van der Waals surface area contributed by atoms with E-state index in [1.165, 1.54) is 37.1 Å². The molecule has 0 aliphatic carbocycles. The van der Waals surface area contributed by atoms with Gasteiger partial charge in [0.2, 0.25) is 0 Å². The summed E-state index contributed by atoms with van der Waals surface area (Å²) < 4.78 is 38.8. The molecule has 0 saturated carbocycles. The van der Waals surface area contributed by atoms with Crippen molar-refractivity contribution in [3.63, 3.8) is 0 Å². The van der Waals surface area contributed by atoms with E-state index >= 15 is 0 Å². The van der Waals surface area contributed by atoms with Crippen LogP contribution in [0, 0.1) is 0 Å². The van der Waals surface area contributed by atoms with Crippen molar-refractivity contribution in [2.45, 2.75) is 56.8 Å². The Morgan fingerprint density at radius 3 is 2.33 bits per heavy atom. The summed E-state index contributed by atoms with van der Waals surface area (Å²) in [5, 5.41) is 11.5. The van der Waals surface area contributed by atoms with Gasteiger partial charge in [0.05, 0.1) is 0 Å². The first-order chi connectivity index (χ1) is 12.4. The molecule has 0 amide bonds. The predicted octanol–water partition coefficient (Wildman–Crippen LogP) is 1.71. The second kappa shape index (κ2) is 11.7. The maximum atomic E-state index is 11.7. The first-order valence-corrected chi connectivity index (χ1v) is 10.4. The molecular weight excluding hydrogens is 375 g/mol. The van der Waals surface area contributed by atoms with Crippen molar-refractivity contribution >= 4 is 10.1 Å². The van der Waals surface area contributed by atoms with Crippen LogP contribution in [0.4, 0.5) is 0 Å². The van der Waals surface area contributed by atoms with Gasteiger partial charge in [-0.3, -0.25) is 4.55 Å². The number of unbranched alkanes of at least 4 members (excludes halogenated alkanes) is 5. The third kappa shape index (κ3) is 7.84. The number of hydrogen-bond donors (Lipinski definition) is 1. The van der Waals surface area contributed by atoms with E-state index in [9.17, 15) is 18.1 Å². The van der Waals surface area contributed by atoms with E-state index in [1.54, 1.807) is 18.2 Å². The molecule has 1 N–H and O–H groups in total. The normalized spacial score (nSPS) is 11.0. The third-order valence-corrected chi connectivity index (χ3v) is 5.12. The summed E-state index contributed by atoms with van der Waals surface area (Å²) in [6.07, 6.45) is 6.88. The van der Waals surface area contributed by atoms with Crippen LogP contribution in [0.3, 0.4) is 0 Å². The molecule has 0 aromatic heterocycles. The smallest absolute Gasteiger partial charge is 0.872 e. The molecule has 7 heteroatoms. The molecule has 0 aliphatic rings. The Bertz CT molecular complexity index is 821. The summed E-state index contributed by atoms with van der Waals surface area (Å²) in [5.41, 5.74) is 0.446. The fraction of sp³-hybridized carbons (Fsp3) is 0.400. The van der Waals surface area contributed by atoms with Crippen LogP contribution in [0.25, 0.3) is 0 Å². The Morgan fingerprint density at radius 1 is 1.00 bits per heavy atom. The molecule has 0 atom stereocenters. The van der Waals surface area contributed by atoms with Crippen molar-refractivity contribution in [2.75, 3.05) is 0 Å². The maximum Gasteiger partial charge on any atom is 1.00 e. The number of benzene rings is 2. The quantitative estimate of drug-likeness (QED) is 0.373. The maximum absolute atomic E-state index is 11.7. The summed E-state index contributed by atoms with van der Waals surface area (Å²) in [7, 11) is -4.35. The second-order valence-electron chi connectivity index (χ2n) is 6.30. The Balaban J connectivity index is 0.00000364. The predicted molar refractivity (Wildman–Crippen MR) is 99.3 cm³/mol. The SMILES string of the molecule is CCCCCCCCc1c(Oc2cccc([O-])c2)cccc1S(=O)(=O)O.[Na+]. The van der Waals surface area contributed by atoms with Gasteiger partial charge in [0.15, 0.2) is 0 Å². The van der Waals surface area contributed by atoms with Gasteiger partial charge in [0, 0.05) is 5.56 Å². The molecule has 2 rings (SSSR count).